The van der Waals surface area contributed by atoms with Gasteiger partial charge >= 0.3 is 0 Å². The summed E-state index contributed by atoms with van der Waals surface area (Å²) in [5.74, 6) is 1.19. The Morgan fingerprint density at radius 1 is 1.29 bits per heavy atom. The van der Waals surface area contributed by atoms with E-state index < -0.39 is 0 Å². The van der Waals surface area contributed by atoms with Crippen molar-refractivity contribution in [2.24, 2.45) is 0 Å². The molecule has 4 nitrogen and oxygen atoms in total. The molecule has 1 aliphatic carbocycles. The van der Waals surface area contributed by atoms with Gasteiger partial charge in [0.2, 0.25) is 5.91 Å². The number of nitrogens with one attached hydrogen (secondary N) is 1. The number of carbonyl (C=O) groups excluding carboxylic acids is 1. The molecule has 1 saturated carbocycles. The van der Waals surface area contributed by atoms with E-state index in [4.69, 9.17) is 4.74 Å². The molecule has 1 aromatic carbocycles. The van der Waals surface area contributed by atoms with E-state index in [0.717, 1.165) is 38.1 Å². The van der Waals surface area contributed by atoms with E-state index in [2.05, 4.69) is 11.4 Å². The number of hydrogen-bond acceptors (Lipinski definition) is 3. The molecule has 0 bridgehead atoms. The van der Waals surface area contributed by atoms with Gasteiger partial charge in [-0.15, -0.1) is 0 Å². The first-order valence-electron chi connectivity index (χ1n) is 7.94. The van der Waals surface area contributed by atoms with Gasteiger partial charge < -0.3 is 15.0 Å². The van der Waals surface area contributed by atoms with Gasteiger partial charge in [-0.3, -0.25) is 4.79 Å². The Kier molecular flexibility index (Phi) is 4.44. The summed E-state index contributed by atoms with van der Waals surface area (Å²) in [4.78, 5) is 14.5. The molecule has 1 heterocycles. The maximum absolute atomic E-state index is 12.5. The van der Waals surface area contributed by atoms with Crippen LogP contribution in [0.5, 0.6) is 5.75 Å². The van der Waals surface area contributed by atoms with Crippen molar-refractivity contribution in [1.82, 2.24) is 10.2 Å². The lowest BCUT2D eigenvalue weighted by atomic mass is 10.0. The Morgan fingerprint density at radius 3 is 2.86 bits per heavy atom. The van der Waals surface area contributed by atoms with Crippen LogP contribution >= 0.6 is 0 Å². The largest absolute Gasteiger partial charge is 0.496 e. The number of piperidine rings is 1. The van der Waals surface area contributed by atoms with Crippen LogP contribution in [-0.4, -0.2) is 43.1 Å². The minimum Gasteiger partial charge on any atom is -0.496 e. The highest BCUT2D eigenvalue weighted by molar-refractivity contribution is 5.82. The topological polar surface area (TPSA) is 41.6 Å². The van der Waals surface area contributed by atoms with Crippen LogP contribution in [0.3, 0.4) is 0 Å². The molecule has 1 amide bonds. The zero-order chi connectivity index (χ0) is 14.7. The molecule has 1 unspecified atom stereocenters. The molecule has 114 valence electrons. The number of hydrogen-bond donors (Lipinski definition) is 1. The highest BCUT2D eigenvalue weighted by atomic mass is 16.5. The number of likely N-dealkylation sites (tertiary alicyclic amines) is 1. The molecule has 0 spiro atoms. The van der Waals surface area contributed by atoms with E-state index in [1.807, 2.05) is 23.1 Å². The monoisotopic (exact) mass is 288 g/mol. The number of carbonyl (C=O) groups is 1. The maximum Gasteiger partial charge on any atom is 0.239 e. The minimum absolute atomic E-state index is 0.0453. The normalized spacial score (nSPS) is 22.4. The van der Waals surface area contributed by atoms with E-state index in [-0.39, 0.29) is 11.9 Å². The van der Waals surface area contributed by atoms with Crippen LogP contribution in [0.2, 0.25) is 0 Å². The SMILES string of the molecule is COc1ccccc1CCN1CCCC(NC2CC2)C1=O. The van der Waals surface area contributed by atoms with Crippen molar-refractivity contribution >= 4 is 5.91 Å². The molecule has 1 saturated heterocycles. The number of para-hydroxylation sites is 1. The lowest BCUT2D eigenvalue weighted by molar-refractivity contribution is -0.136. The number of benzene rings is 1. The zero-order valence-electron chi connectivity index (χ0n) is 12.7. The summed E-state index contributed by atoms with van der Waals surface area (Å²) in [5, 5.41) is 3.48. The van der Waals surface area contributed by atoms with Gasteiger partial charge in [-0.25, -0.2) is 0 Å². The minimum atomic E-state index is 0.0453. The number of rotatable bonds is 6. The van der Waals surface area contributed by atoms with Crippen LogP contribution in [0.15, 0.2) is 24.3 Å². The first-order valence-corrected chi connectivity index (χ1v) is 7.94. The van der Waals surface area contributed by atoms with E-state index in [1.54, 1.807) is 7.11 Å². The molecule has 1 aliphatic heterocycles. The smallest absolute Gasteiger partial charge is 0.239 e. The van der Waals surface area contributed by atoms with Gasteiger partial charge in [0.15, 0.2) is 0 Å². The fourth-order valence-electron chi connectivity index (χ4n) is 3.02. The van der Waals surface area contributed by atoms with E-state index >= 15 is 0 Å². The molecule has 3 rings (SSSR count). The first-order chi connectivity index (χ1) is 10.3. The fourth-order valence-corrected chi connectivity index (χ4v) is 3.02. The third-order valence-electron chi connectivity index (χ3n) is 4.39. The lowest BCUT2D eigenvalue weighted by Gasteiger charge is -2.33. The maximum atomic E-state index is 12.5. The van der Waals surface area contributed by atoms with Gasteiger partial charge in [-0.1, -0.05) is 18.2 Å². The second kappa shape index (κ2) is 6.48. The van der Waals surface area contributed by atoms with Gasteiger partial charge in [0, 0.05) is 19.1 Å². The Hall–Kier alpha value is -1.55. The van der Waals surface area contributed by atoms with Gasteiger partial charge in [0.25, 0.3) is 0 Å². The van der Waals surface area contributed by atoms with Gasteiger partial charge in [-0.05, 0) is 43.7 Å². The summed E-state index contributed by atoms with van der Waals surface area (Å²) in [5.41, 5.74) is 1.17. The lowest BCUT2D eigenvalue weighted by Crippen LogP contribution is -2.51. The van der Waals surface area contributed by atoms with Crippen LogP contribution in [0, 0.1) is 0 Å². The molecule has 4 heteroatoms. The molecule has 21 heavy (non-hydrogen) atoms. The standard InChI is InChI=1S/C17H24N2O2/c1-21-16-7-3-2-5-13(16)10-12-19-11-4-6-15(17(19)20)18-14-8-9-14/h2-3,5,7,14-15,18H,4,6,8-12H2,1H3. The van der Waals surface area contributed by atoms with Crippen molar-refractivity contribution in [2.75, 3.05) is 20.2 Å². The van der Waals surface area contributed by atoms with E-state index in [1.165, 1.54) is 18.4 Å². The Morgan fingerprint density at radius 2 is 2.10 bits per heavy atom. The molecular formula is C17H24N2O2. The van der Waals surface area contributed by atoms with E-state index in [0.29, 0.717) is 6.04 Å². The third kappa shape index (κ3) is 3.56. The van der Waals surface area contributed by atoms with Crippen molar-refractivity contribution in [1.29, 1.82) is 0 Å². The summed E-state index contributed by atoms with van der Waals surface area (Å²) in [6, 6.07) is 8.69. The van der Waals surface area contributed by atoms with Crippen LogP contribution in [0.1, 0.15) is 31.2 Å². The van der Waals surface area contributed by atoms with Crippen LogP contribution in [0.4, 0.5) is 0 Å². The van der Waals surface area contributed by atoms with Crippen molar-refractivity contribution < 1.29 is 9.53 Å². The summed E-state index contributed by atoms with van der Waals surface area (Å²) in [6.07, 6.45) is 5.39. The Bertz CT molecular complexity index is 499. The molecular weight excluding hydrogens is 264 g/mol. The third-order valence-corrected chi connectivity index (χ3v) is 4.39. The van der Waals surface area contributed by atoms with Crippen molar-refractivity contribution in [3.05, 3.63) is 29.8 Å². The second-order valence-electron chi connectivity index (χ2n) is 6.02. The number of amides is 1. The molecule has 2 aliphatic rings. The van der Waals surface area contributed by atoms with E-state index in [9.17, 15) is 4.79 Å². The highest BCUT2D eigenvalue weighted by Crippen LogP contribution is 2.23. The number of ether oxygens (including phenoxy) is 1. The first kappa shape index (κ1) is 14.4. The average Bonchev–Trinajstić information content (AvgIpc) is 3.32. The van der Waals surface area contributed by atoms with Gasteiger partial charge in [-0.2, -0.15) is 0 Å². The Balaban J connectivity index is 1.57. The summed E-state index contributed by atoms with van der Waals surface area (Å²) in [7, 11) is 1.69. The summed E-state index contributed by atoms with van der Waals surface area (Å²) < 4.78 is 5.38. The van der Waals surface area contributed by atoms with Gasteiger partial charge in [0.05, 0.1) is 13.2 Å². The molecule has 2 fully saturated rings. The predicted octanol–water partition coefficient (Wildman–Crippen LogP) is 1.98. The quantitative estimate of drug-likeness (QED) is 0.870. The van der Waals surface area contributed by atoms with Crippen LogP contribution < -0.4 is 10.1 Å². The number of methoxy groups -OCH3 is 1. The van der Waals surface area contributed by atoms with Crippen LogP contribution in [0.25, 0.3) is 0 Å². The zero-order valence-corrected chi connectivity index (χ0v) is 12.7. The molecule has 1 N–H and O–H groups in total. The predicted molar refractivity (Wildman–Crippen MR) is 82.5 cm³/mol. The Labute approximate surface area is 126 Å². The second-order valence-corrected chi connectivity index (χ2v) is 6.02. The fraction of sp³-hybridized carbons (Fsp3) is 0.588. The molecule has 1 aromatic rings. The molecule has 0 aromatic heterocycles. The molecule has 1 atom stereocenters. The van der Waals surface area contributed by atoms with Crippen molar-refractivity contribution in [3.63, 3.8) is 0 Å². The summed E-state index contributed by atoms with van der Waals surface area (Å²) >= 11 is 0. The number of nitrogens with zero attached hydrogens (tertiary/aromatic N) is 1. The average molecular weight is 288 g/mol. The molecule has 0 radical (unpaired) electrons. The van der Waals surface area contributed by atoms with Crippen molar-refractivity contribution in [2.45, 2.75) is 44.2 Å². The van der Waals surface area contributed by atoms with Crippen molar-refractivity contribution in [3.8, 4) is 5.75 Å². The van der Waals surface area contributed by atoms with Gasteiger partial charge in [0.1, 0.15) is 5.75 Å². The van der Waals surface area contributed by atoms with Crippen LogP contribution in [-0.2, 0) is 11.2 Å². The summed E-state index contributed by atoms with van der Waals surface area (Å²) in [6.45, 7) is 1.67. The highest BCUT2D eigenvalue weighted by Gasteiger charge is 2.33.